The van der Waals surface area contributed by atoms with Crippen LogP contribution in [0.3, 0.4) is 0 Å². The third kappa shape index (κ3) is 2.94. The van der Waals surface area contributed by atoms with Gasteiger partial charge in [0.1, 0.15) is 0 Å². The predicted molar refractivity (Wildman–Crippen MR) is 80.9 cm³/mol. The number of carbonyl (C=O) groups is 1. The Morgan fingerprint density at radius 3 is 3.00 bits per heavy atom. The zero-order valence-electron chi connectivity index (χ0n) is 12.2. The molecule has 3 atom stereocenters. The van der Waals surface area contributed by atoms with Crippen LogP contribution in [0.4, 0.5) is 0 Å². The summed E-state index contributed by atoms with van der Waals surface area (Å²) in [5.74, 6) is 5.72. The highest BCUT2D eigenvalue weighted by Crippen LogP contribution is 2.34. The molecule has 2 aliphatic heterocycles. The lowest BCUT2D eigenvalue weighted by atomic mass is 9.95. The van der Waals surface area contributed by atoms with Crippen LogP contribution in [-0.2, 0) is 4.74 Å². The summed E-state index contributed by atoms with van der Waals surface area (Å²) in [6.45, 7) is 2.26. The summed E-state index contributed by atoms with van der Waals surface area (Å²) in [7, 11) is 0. The normalized spacial score (nSPS) is 26.3. The molecule has 110 valence electrons. The third-order valence-corrected chi connectivity index (χ3v) is 4.17. The van der Waals surface area contributed by atoms with Gasteiger partial charge in [-0.3, -0.25) is 4.79 Å². The Morgan fingerprint density at radius 2 is 2.33 bits per heavy atom. The van der Waals surface area contributed by atoms with Gasteiger partial charge in [-0.25, -0.2) is 0 Å². The van der Waals surface area contributed by atoms with E-state index in [2.05, 4.69) is 17.2 Å². The van der Waals surface area contributed by atoms with Crippen molar-refractivity contribution in [1.29, 1.82) is 0 Å². The van der Waals surface area contributed by atoms with E-state index in [0.29, 0.717) is 11.7 Å². The summed E-state index contributed by atoms with van der Waals surface area (Å²) >= 11 is 0. The molecule has 2 fully saturated rings. The Kier molecular flexibility index (Phi) is 3.96. The van der Waals surface area contributed by atoms with Gasteiger partial charge in [0.15, 0.2) is 0 Å². The van der Waals surface area contributed by atoms with Gasteiger partial charge >= 0.3 is 0 Å². The van der Waals surface area contributed by atoms with Crippen LogP contribution in [0.1, 0.15) is 40.7 Å². The van der Waals surface area contributed by atoms with Crippen LogP contribution in [0.15, 0.2) is 18.2 Å². The fourth-order valence-corrected chi connectivity index (χ4v) is 3.14. The van der Waals surface area contributed by atoms with Crippen LogP contribution in [-0.4, -0.2) is 30.7 Å². The molecule has 0 radical (unpaired) electrons. The summed E-state index contributed by atoms with van der Waals surface area (Å²) in [5.41, 5.74) is 7.81. The number of rotatable bonds is 2. The zero-order chi connectivity index (χ0) is 14.8. The maximum Gasteiger partial charge on any atom is 0.252 e. The van der Waals surface area contributed by atoms with Crippen molar-refractivity contribution in [2.45, 2.75) is 44.4 Å². The van der Waals surface area contributed by atoms with Crippen LogP contribution in [0.25, 0.3) is 0 Å². The summed E-state index contributed by atoms with van der Waals surface area (Å²) in [5, 5.41) is 3.11. The van der Waals surface area contributed by atoms with Gasteiger partial charge in [-0.15, -0.1) is 0 Å². The monoisotopic (exact) mass is 284 g/mol. The summed E-state index contributed by atoms with van der Waals surface area (Å²) in [4.78, 5) is 12.5. The molecule has 2 aliphatic rings. The second-order valence-electron chi connectivity index (χ2n) is 5.74. The summed E-state index contributed by atoms with van der Waals surface area (Å²) < 4.78 is 5.78. The number of amides is 1. The van der Waals surface area contributed by atoms with Gasteiger partial charge in [-0.05, 0) is 38.3 Å². The van der Waals surface area contributed by atoms with Crippen LogP contribution >= 0.6 is 0 Å². The lowest BCUT2D eigenvalue weighted by Gasteiger charge is -2.20. The van der Waals surface area contributed by atoms with E-state index in [0.717, 1.165) is 30.4 Å². The lowest BCUT2D eigenvalue weighted by Crippen LogP contribution is -2.41. The zero-order valence-corrected chi connectivity index (χ0v) is 12.2. The quantitative estimate of drug-likeness (QED) is 0.806. The minimum atomic E-state index is -0.0684. The first-order valence-electron chi connectivity index (χ1n) is 7.43. The first-order valence-corrected chi connectivity index (χ1v) is 7.43. The Bertz CT molecular complexity index is 615. The highest BCUT2D eigenvalue weighted by molar-refractivity contribution is 5.97. The van der Waals surface area contributed by atoms with E-state index in [9.17, 15) is 4.79 Å². The molecule has 0 aliphatic carbocycles. The number of hydrogen-bond donors (Lipinski definition) is 2. The van der Waals surface area contributed by atoms with E-state index < -0.39 is 0 Å². The molecule has 0 aromatic heterocycles. The standard InChI is InChI=1S/C17H20N2O2/c1-11-4-5-12(3-2-8-18)14(9-11)17(20)19-15-10-13-6-7-16(15)21-13/h4-5,9,13,15-16H,6-8,10,18H2,1H3,(H,19,20). The Balaban J connectivity index is 1.78. The van der Waals surface area contributed by atoms with Gasteiger partial charge in [-0.2, -0.15) is 0 Å². The summed E-state index contributed by atoms with van der Waals surface area (Å²) in [6.07, 6.45) is 3.60. The topological polar surface area (TPSA) is 64.4 Å². The molecule has 4 nitrogen and oxygen atoms in total. The van der Waals surface area contributed by atoms with E-state index >= 15 is 0 Å². The second kappa shape index (κ2) is 5.88. The first kappa shape index (κ1) is 14.1. The molecule has 2 saturated heterocycles. The van der Waals surface area contributed by atoms with Crippen molar-refractivity contribution in [3.8, 4) is 11.8 Å². The van der Waals surface area contributed by atoms with Gasteiger partial charge in [0, 0.05) is 5.56 Å². The van der Waals surface area contributed by atoms with Crippen molar-refractivity contribution < 1.29 is 9.53 Å². The maximum absolute atomic E-state index is 12.5. The smallest absolute Gasteiger partial charge is 0.252 e. The Hall–Kier alpha value is -1.83. The van der Waals surface area contributed by atoms with Crippen LogP contribution in [0.5, 0.6) is 0 Å². The van der Waals surface area contributed by atoms with Crippen molar-refractivity contribution in [1.82, 2.24) is 5.32 Å². The minimum Gasteiger partial charge on any atom is -0.373 e. The number of nitrogens with one attached hydrogen (secondary N) is 1. The molecule has 3 unspecified atom stereocenters. The number of benzene rings is 1. The largest absolute Gasteiger partial charge is 0.373 e. The summed E-state index contributed by atoms with van der Waals surface area (Å²) in [6, 6.07) is 5.85. The molecule has 1 aromatic rings. The fraction of sp³-hybridized carbons (Fsp3) is 0.471. The number of ether oxygens (including phenoxy) is 1. The number of aryl methyl sites for hydroxylation is 1. The second-order valence-corrected chi connectivity index (χ2v) is 5.74. The molecule has 0 spiro atoms. The van der Waals surface area contributed by atoms with Crippen molar-refractivity contribution in [2.24, 2.45) is 5.73 Å². The van der Waals surface area contributed by atoms with E-state index in [1.54, 1.807) is 0 Å². The minimum absolute atomic E-state index is 0.0684. The maximum atomic E-state index is 12.5. The molecule has 4 heteroatoms. The van der Waals surface area contributed by atoms with Crippen molar-refractivity contribution in [2.75, 3.05) is 6.54 Å². The van der Waals surface area contributed by atoms with Gasteiger partial charge < -0.3 is 15.8 Å². The van der Waals surface area contributed by atoms with Crippen molar-refractivity contribution >= 4 is 5.91 Å². The predicted octanol–water partition coefficient (Wildman–Crippen LogP) is 1.35. The molecular formula is C17H20N2O2. The van der Waals surface area contributed by atoms with Crippen molar-refractivity contribution in [3.63, 3.8) is 0 Å². The molecule has 2 bridgehead atoms. The molecule has 3 rings (SSSR count). The molecule has 2 heterocycles. The van der Waals surface area contributed by atoms with Gasteiger partial charge in [0.25, 0.3) is 5.91 Å². The van der Waals surface area contributed by atoms with Crippen LogP contribution in [0, 0.1) is 18.8 Å². The Morgan fingerprint density at radius 1 is 1.48 bits per heavy atom. The average molecular weight is 284 g/mol. The van der Waals surface area contributed by atoms with Crippen LogP contribution < -0.4 is 11.1 Å². The van der Waals surface area contributed by atoms with Gasteiger partial charge in [-0.1, -0.05) is 23.5 Å². The highest BCUT2D eigenvalue weighted by Gasteiger charge is 2.41. The number of carbonyl (C=O) groups excluding carboxylic acids is 1. The lowest BCUT2D eigenvalue weighted by molar-refractivity contribution is 0.0840. The third-order valence-electron chi connectivity index (χ3n) is 4.17. The first-order chi connectivity index (χ1) is 10.2. The molecule has 1 amide bonds. The Labute approximate surface area is 125 Å². The molecule has 1 aromatic carbocycles. The fourth-order valence-electron chi connectivity index (χ4n) is 3.14. The van der Waals surface area contributed by atoms with E-state index in [1.807, 2.05) is 25.1 Å². The van der Waals surface area contributed by atoms with E-state index in [4.69, 9.17) is 10.5 Å². The van der Waals surface area contributed by atoms with Gasteiger partial charge in [0.05, 0.1) is 30.4 Å². The van der Waals surface area contributed by atoms with Gasteiger partial charge in [0.2, 0.25) is 0 Å². The molecule has 21 heavy (non-hydrogen) atoms. The number of nitrogens with two attached hydrogens (primary N) is 1. The van der Waals surface area contributed by atoms with Crippen molar-refractivity contribution in [3.05, 3.63) is 34.9 Å². The average Bonchev–Trinajstić information content (AvgIpc) is 3.08. The van der Waals surface area contributed by atoms with E-state index in [-0.39, 0.29) is 24.6 Å². The number of fused-ring (bicyclic) bond motifs is 2. The molecule has 3 N–H and O–H groups in total. The SMILES string of the molecule is Cc1ccc(C#CCN)c(C(=O)NC2CC3CCC2O3)c1. The number of hydrogen-bond acceptors (Lipinski definition) is 3. The molecular weight excluding hydrogens is 264 g/mol. The highest BCUT2D eigenvalue weighted by atomic mass is 16.5. The van der Waals surface area contributed by atoms with E-state index in [1.165, 1.54) is 0 Å². The van der Waals surface area contributed by atoms with Crippen LogP contribution in [0.2, 0.25) is 0 Å². The molecule has 0 saturated carbocycles.